The highest BCUT2D eigenvalue weighted by Gasteiger charge is 2.18. The number of rotatable bonds is 5. The molecule has 0 spiro atoms. The largest absolute Gasteiger partial charge is 0.496 e. The Morgan fingerprint density at radius 1 is 1.09 bits per heavy atom. The second-order valence-electron chi connectivity index (χ2n) is 4.74. The maximum absolute atomic E-state index is 12.4. The number of methoxy groups -OCH3 is 1. The third-order valence-electron chi connectivity index (χ3n) is 3.17. The van der Waals surface area contributed by atoms with Crippen molar-refractivity contribution in [3.05, 3.63) is 59.7 Å². The van der Waals surface area contributed by atoms with Crippen molar-refractivity contribution in [2.45, 2.75) is 11.8 Å². The lowest BCUT2D eigenvalue weighted by molar-refractivity contribution is 0.414. The minimum absolute atomic E-state index is 0.206. The first-order chi connectivity index (χ1) is 10.4. The molecule has 0 saturated heterocycles. The van der Waals surface area contributed by atoms with E-state index in [-0.39, 0.29) is 4.90 Å². The maximum atomic E-state index is 12.4. The van der Waals surface area contributed by atoms with Gasteiger partial charge < -0.3 is 4.74 Å². The second-order valence-corrected chi connectivity index (χ2v) is 6.69. The zero-order valence-corrected chi connectivity index (χ0v) is 13.5. The van der Waals surface area contributed by atoms with Gasteiger partial charge >= 0.3 is 0 Å². The molecule has 0 unspecified atom stereocenters. The first kappa shape index (κ1) is 16.0. The number of aryl methyl sites for hydroxylation is 1. The van der Waals surface area contributed by atoms with E-state index in [2.05, 4.69) is 5.10 Å². The van der Waals surface area contributed by atoms with Crippen LogP contribution in [0.4, 0.5) is 0 Å². The number of benzene rings is 2. The second kappa shape index (κ2) is 6.62. The van der Waals surface area contributed by atoms with Gasteiger partial charge in [0.25, 0.3) is 10.0 Å². The summed E-state index contributed by atoms with van der Waals surface area (Å²) >= 11 is 0. The summed E-state index contributed by atoms with van der Waals surface area (Å²) in [6.45, 7) is 1.90. The quantitative estimate of drug-likeness (QED) is 0.629. The Morgan fingerprint density at radius 2 is 1.73 bits per heavy atom. The molecule has 6 heteroatoms. The smallest absolute Gasteiger partial charge is 0.278 e. The van der Waals surface area contributed by atoms with E-state index in [0.717, 1.165) is 9.98 Å². The molecule has 2 rings (SSSR count). The van der Waals surface area contributed by atoms with E-state index in [0.29, 0.717) is 11.3 Å². The first-order valence-electron chi connectivity index (χ1n) is 6.68. The molecule has 2 aromatic carbocycles. The number of para-hydroxylation sites is 1. The normalized spacial score (nSPS) is 11.6. The molecule has 0 aliphatic carbocycles. The highest BCUT2D eigenvalue weighted by atomic mass is 32.2. The summed E-state index contributed by atoms with van der Waals surface area (Å²) in [5.74, 6) is 0.632. The summed E-state index contributed by atoms with van der Waals surface area (Å²) in [5.41, 5.74) is 1.70. The molecule has 0 aromatic heterocycles. The number of sulfonamides is 1. The molecule has 2 aromatic rings. The summed E-state index contributed by atoms with van der Waals surface area (Å²) in [7, 11) is -0.692. The van der Waals surface area contributed by atoms with Gasteiger partial charge in [0.2, 0.25) is 0 Å². The Bertz CT molecular complexity index is 768. The van der Waals surface area contributed by atoms with Crippen LogP contribution in [0.3, 0.4) is 0 Å². The number of ether oxygens (including phenoxy) is 1. The Labute approximate surface area is 130 Å². The van der Waals surface area contributed by atoms with Gasteiger partial charge in [-0.05, 0) is 31.2 Å². The Balaban J connectivity index is 2.25. The fourth-order valence-corrected chi connectivity index (χ4v) is 2.80. The minimum atomic E-state index is -3.65. The standard InChI is InChI=1S/C16H18N2O3S/c1-13-8-10-15(11-9-13)22(19,20)18(2)17-12-14-6-4-5-7-16(14)21-3/h4-12H,1-3H3/b17-12-. The highest BCUT2D eigenvalue weighted by Crippen LogP contribution is 2.17. The number of hydrazone groups is 1. The highest BCUT2D eigenvalue weighted by molar-refractivity contribution is 7.89. The van der Waals surface area contributed by atoms with E-state index >= 15 is 0 Å². The van der Waals surface area contributed by atoms with Gasteiger partial charge in [0, 0.05) is 12.6 Å². The minimum Gasteiger partial charge on any atom is -0.496 e. The topological polar surface area (TPSA) is 59.0 Å². The van der Waals surface area contributed by atoms with Gasteiger partial charge in [0.1, 0.15) is 5.75 Å². The van der Waals surface area contributed by atoms with E-state index in [1.54, 1.807) is 43.5 Å². The summed E-state index contributed by atoms with van der Waals surface area (Å²) in [6.07, 6.45) is 1.46. The monoisotopic (exact) mass is 318 g/mol. The van der Waals surface area contributed by atoms with E-state index in [9.17, 15) is 8.42 Å². The molecule has 116 valence electrons. The van der Waals surface area contributed by atoms with Crippen LogP contribution in [0.2, 0.25) is 0 Å². The van der Waals surface area contributed by atoms with E-state index in [1.807, 2.05) is 19.1 Å². The van der Waals surface area contributed by atoms with Crippen LogP contribution in [-0.4, -0.2) is 33.2 Å². The Hall–Kier alpha value is -2.34. The van der Waals surface area contributed by atoms with Crippen molar-refractivity contribution in [3.8, 4) is 5.75 Å². The first-order valence-corrected chi connectivity index (χ1v) is 8.12. The molecular weight excluding hydrogens is 300 g/mol. The Morgan fingerprint density at radius 3 is 2.36 bits per heavy atom. The van der Waals surface area contributed by atoms with Crippen LogP contribution < -0.4 is 4.74 Å². The molecular formula is C16H18N2O3S. The maximum Gasteiger partial charge on any atom is 0.278 e. The van der Waals surface area contributed by atoms with Crippen LogP contribution >= 0.6 is 0 Å². The lowest BCUT2D eigenvalue weighted by atomic mass is 10.2. The summed E-state index contributed by atoms with van der Waals surface area (Å²) in [5, 5.41) is 4.01. The van der Waals surface area contributed by atoms with Gasteiger partial charge in [-0.2, -0.15) is 17.9 Å². The zero-order chi connectivity index (χ0) is 16.2. The third-order valence-corrected chi connectivity index (χ3v) is 4.82. The van der Waals surface area contributed by atoms with Crippen LogP contribution in [-0.2, 0) is 10.0 Å². The van der Waals surface area contributed by atoms with Crippen molar-refractivity contribution in [3.63, 3.8) is 0 Å². The van der Waals surface area contributed by atoms with Gasteiger partial charge in [0.15, 0.2) is 0 Å². The fourth-order valence-electron chi connectivity index (χ4n) is 1.84. The molecule has 0 heterocycles. The molecule has 0 bridgehead atoms. The zero-order valence-electron chi connectivity index (χ0n) is 12.7. The molecule has 0 fully saturated rings. The van der Waals surface area contributed by atoms with Gasteiger partial charge in [-0.25, -0.2) is 0 Å². The average Bonchev–Trinajstić information content (AvgIpc) is 2.53. The lowest BCUT2D eigenvalue weighted by Crippen LogP contribution is -2.21. The van der Waals surface area contributed by atoms with Crippen LogP contribution in [0.25, 0.3) is 0 Å². The van der Waals surface area contributed by atoms with Gasteiger partial charge in [-0.3, -0.25) is 0 Å². The van der Waals surface area contributed by atoms with Gasteiger partial charge in [-0.15, -0.1) is 0 Å². The van der Waals surface area contributed by atoms with Crippen molar-refractivity contribution in [2.24, 2.45) is 5.10 Å². The molecule has 0 amide bonds. The molecule has 0 radical (unpaired) electrons. The third kappa shape index (κ3) is 3.46. The lowest BCUT2D eigenvalue weighted by Gasteiger charge is -2.14. The van der Waals surface area contributed by atoms with E-state index < -0.39 is 10.0 Å². The molecule has 0 atom stereocenters. The van der Waals surface area contributed by atoms with Crippen molar-refractivity contribution >= 4 is 16.2 Å². The van der Waals surface area contributed by atoms with E-state index in [1.165, 1.54) is 13.3 Å². The summed E-state index contributed by atoms with van der Waals surface area (Å²) in [4.78, 5) is 0.206. The Kier molecular flexibility index (Phi) is 4.82. The SMILES string of the molecule is COc1ccccc1/C=N\N(C)S(=O)(=O)c1ccc(C)cc1. The van der Waals surface area contributed by atoms with Crippen molar-refractivity contribution in [2.75, 3.05) is 14.2 Å². The van der Waals surface area contributed by atoms with Crippen LogP contribution in [0.5, 0.6) is 5.75 Å². The van der Waals surface area contributed by atoms with Crippen LogP contribution in [0, 0.1) is 6.92 Å². The van der Waals surface area contributed by atoms with Gasteiger partial charge in [0.05, 0.1) is 18.2 Å². The predicted octanol–water partition coefficient (Wildman–Crippen LogP) is 2.66. The van der Waals surface area contributed by atoms with E-state index in [4.69, 9.17) is 4.74 Å². The molecule has 5 nitrogen and oxygen atoms in total. The van der Waals surface area contributed by atoms with Crippen molar-refractivity contribution in [1.82, 2.24) is 4.41 Å². The van der Waals surface area contributed by atoms with Crippen molar-refractivity contribution < 1.29 is 13.2 Å². The van der Waals surface area contributed by atoms with Crippen LogP contribution in [0.1, 0.15) is 11.1 Å². The van der Waals surface area contributed by atoms with Crippen LogP contribution in [0.15, 0.2) is 58.5 Å². The average molecular weight is 318 g/mol. The summed E-state index contributed by atoms with van der Waals surface area (Å²) in [6, 6.07) is 13.9. The molecule has 22 heavy (non-hydrogen) atoms. The molecule has 0 N–H and O–H groups in total. The molecule has 0 aliphatic rings. The number of nitrogens with zero attached hydrogens (tertiary/aromatic N) is 2. The number of hydrogen-bond acceptors (Lipinski definition) is 4. The van der Waals surface area contributed by atoms with Gasteiger partial charge in [-0.1, -0.05) is 29.8 Å². The predicted molar refractivity (Wildman–Crippen MR) is 86.7 cm³/mol. The van der Waals surface area contributed by atoms with Crippen molar-refractivity contribution in [1.29, 1.82) is 0 Å². The number of hydrogen-bond donors (Lipinski definition) is 0. The molecule has 0 aliphatic heterocycles. The summed E-state index contributed by atoms with van der Waals surface area (Å²) < 4.78 is 31.0. The fraction of sp³-hybridized carbons (Fsp3) is 0.188. The molecule has 0 saturated carbocycles.